The number of carbonyl (C=O) groups excluding carboxylic acids is 1. The normalized spacial score (nSPS) is 13.9. The Morgan fingerprint density at radius 1 is 1.29 bits per heavy atom. The highest BCUT2D eigenvalue weighted by Crippen LogP contribution is 2.33. The summed E-state index contributed by atoms with van der Waals surface area (Å²) in [6.45, 7) is 4.02. The number of nitrogens with one attached hydrogen (secondary N) is 1. The molecule has 1 amide bonds. The molecule has 8 nitrogen and oxygen atoms in total. The first kappa shape index (κ1) is 20.7. The molecule has 160 valence electrons. The lowest BCUT2D eigenvalue weighted by atomic mass is 10.1. The lowest BCUT2D eigenvalue weighted by Gasteiger charge is -2.18. The summed E-state index contributed by atoms with van der Waals surface area (Å²) >= 11 is 1.48. The van der Waals surface area contributed by atoms with E-state index in [2.05, 4.69) is 15.4 Å². The van der Waals surface area contributed by atoms with E-state index < -0.39 is 0 Å². The third kappa shape index (κ3) is 4.46. The molecule has 4 rings (SSSR count). The van der Waals surface area contributed by atoms with E-state index in [1.54, 1.807) is 29.1 Å². The number of thiazole rings is 1. The van der Waals surface area contributed by atoms with Crippen molar-refractivity contribution in [3.63, 3.8) is 0 Å². The lowest BCUT2D eigenvalue weighted by molar-refractivity contribution is -0.118. The fourth-order valence-corrected chi connectivity index (χ4v) is 4.03. The number of hydrogen-bond acceptors (Lipinski definition) is 7. The maximum absolute atomic E-state index is 11.7. The Kier molecular flexibility index (Phi) is 5.77. The van der Waals surface area contributed by atoms with Crippen molar-refractivity contribution in [1.29, 1.82) is 0 Å². The smallest absolute Gasteiger partial charge is 0.262 e. The maximum Gasteiger partial charge on any atom is 0.262 e. The van der Waals surface area contributed by atoms with Gasteiger partial charge in [0.15, 0.2) is 18.1 Å². The number of carbonyl (C=O) groups is 1. The van der Waals surface area contributed by atoms with E-state index in [-0.39, 0.29) is 24.3 Å². The highest BCUT2D eigenvalue weighted by molar-refractivity contribution is 7.07. The van der Waals surface area contributed by atoms with Crippen LogP contribution in [0.5, 0.6) is 17.2 Å². The van der Waals surface area contributed by atoms with Gasteiger partial charge < -0.3 is 19.9 Å². The minimum absolute atomic E-state index is 0.0165. The van der Waals surface area contributed by atoms with Crippen molar-refractivity contribution < 1.29 is 19.4 Å². The van der Waals surface area contributed by atoms with E-state index in [1.807, 2.05) is 37.4 Å². The van der Waals surface area contributed by atoms with E-state index in [9.17, 15) is 9.90 Å². The van der Waals surface area contributed by atoms with Gasteiger partial charge in [-0.3, -0.25) is 9.79 Å². The van der Waals surface area contributed by atoms with Crippen LogP contribution >= 0.6 is 11.3 Å². The molecule has 1 aliphatic heterocycles. The molecule has 0 saturated carbocycles. The van der Waals surface area contributed by atoms with Crippen LogP contribution in [0, 0.1) is 0 Å². The third-order valence-electron chi connectivity index (χ3n) is 4.49. The second-order valence-corrected chi connectivity index (χ2v) is 8.00. The quantitative estimate of drug-likeness (QED) is 0.596. The van der Waals surface area contributed by atoms with Gasteiger partial charge in [0.25, 0.3) is 5.91 Å². The molecule has 31 heavy (non-hydrogen) atoms. The first-order valence-corrected chi connectivity index (χ1v) is 10.6. The number of ether oxygens (including phenoxy) is 2. The molecular formula is C22H22N4O4S. The van der Waals surface area contributed by atoms with Crippen molar-refractivity contribution in [3.8, 4) is 28.5 Å². The molecule has 3 aromatic rings. The van der Waals surface area contributed by atoms with Gasteiger partial charge >= 0.3 is 0 Å². The highest BCUT2D eigenvalue weighted by atomic mass is 32.1. The SMILES string of the molecule is COc1cc(C=Nn2c(-c3ccc4c(c3)NC(=O)CO4)csc2=NC(C)C)ccc1O. The van der Waals surface area contributed by atoms with E-state index in [0.717, 1.165) is 21.6 Å². The molecule has 0 atom stereocenters. The number of phenols is 1. The Labute approximate surface area is 183 Å². The maximum atomic E-state index is 11.7. The van der Waals surface area contributed by atoms with Crippen LogP contribution in [0.1, 0.15) is 19.4 Å². The summed E-state index contributed by atoms with van der Waals surface area (Å²) in [5, 5.41) is 19.3. The first-order valence-electron chi connectivity index (χ1n) is 9.67. The van der Waals surface area contributed by atoms with Crippen LogP contribution in [0.4, 0.5) is 5.69 Å². The Hall–Kier alpha value is -3.59. The molecule has 1 aromatic heterocycles. The minimum atomic E-state index is -0.183. The number of hydrogen-bond donors (Lipinski definition) is 2. The summed E-state index contributed by atoms with van der Waals surface area (Å²) < 4.78 is 12.4. The van der Waals surface area contributed by atoms with Crippen LogP contribution < -0.4 is 19.6 Å². The molecule has 0 radical (unpaired) electrons. The molecule has 0 spiro atoms. The van der Waals surface area contributed by atoms with E-state index >= 15 is 0 Å². The van der Waals surface area contributed by atoms with Gasteiger partial charge in [-0.2, -0.15) is 5.10 Å². The van der Waals surface area contributed by atoms with E-state index in [4.69, 9.17) is 9.47 Å². The molecule has 2 N–H and O–H groups in total. The molecule has 2 heterocycles. The molecule has 1 aliphatic rings. The Morgan fingerprint density at radius 2 is 2.13 bits per heavy atom. The average molecular weight is 439 g/mol. The van der Waals surface area contributed by atoms with Crippen molar-refractivity contribution in [1.82, 2.24) is 4.68 Å². The van der Waals surface area contributed by atoms with Crippen LogP contribution in [-0.4, -0.2) is 41.7 Å². The average Bonchev–Trinajstić information content (AvgIpc) is 3.14. The molecule has 0 unspecified atom stereocenters. The van der Waals surface area contributed by atoms with Gasteiger partial charge in [0.05, 0.1) is 24.7 Å². The summed E-state index contributed by atoms with van der Waals surface area (Å²) in [7, 11) is 1.50. The van der Waals surface area contributed by atoms with Gasteiger partial charge in [0, 0.05) is 17.0 Å². The monoisotopic (exact) mass is 438 g/mol. The van der Waals surface area contributed by atoms with E-state index in [1.165, 1.54) is 18.4 Å². The molecular weight excluding hydrogens is 416 g/mol. The fraction of sp³-hybridized carbons (Fsp3) is 0.227. The Balaban J connectivity index is 1.78. The summed E-state index contributed by atoms with van der Waals surface area (Å²) in [4.78, 5) is 17.1. The zero-order chi connectivity index (χ0) is 22.0. The van der Waals surface area contributed by atoms with Crippen molar-refractivity contribution >= 4 is 29.1 Å². The van der Waals surface area contributed by atoms with Gasteiger partial charge in [-0.15, -0.1) is 11.3 Å². The zero-order valence-electron chi connectivity index (χ0n) is 17.3. The van der Waals surface area contributed by atoms with Crippen LogP contribution in [0.2, 0.25) is 0 Å². The van der Waals surface area contributed by atoms with Crippen molar-refractivity contribution in [2.45, 2.75) is 19.9 Å². The van der Waals surface area contributed by atoms with Gasteiger partial charge in [0.2, 0.25) is 4.80 Å². The molecule has 0 fully saturated rings. The Morgan fingerprint density at radius 3 is 2.90 bits per heavy atom. The minimum Gasteiger partial charge on any atom is -0.504 e. The molecule has 0 bridgehead atoms. The number of aromatic nitrogens is 1. The van der Waals surface area contributed by atoms with Crippen molar-refractivity contribution in [3.05, 3.63) is 52.1 Å². The van der Waals surface area contributed by atoms with Gasteiger partial charge in [-0.25, -0.2) is 4.68 Å². The zero-order valence-corrected chi connectivity index (χ0v) is 18.1. The van der Waals surface area contributed by atoms with Gasteiger partial charge in [0.1, 0.15) is 5.75 Å². The largest absolute Gasteiger partial charge is 0.504 e. The summed E-state index contributed by atoms with van der Waals surface area (Å²) in [6.07, 6.45) is 1.68. The van der Waals surface area contributed by atoms with Gasteiger partial charge in [-0.1, -0.05) is 0 Å². The van der Waals surface area contributed by atoms with Crippen LogP contribution in [0.3, 0.4) is 0 Å². The van der Waals surface area contributed by atoms with E-state index in [0.29, 0.717) is 17.2 Å². The van der Waals surface area contributed by atoms with Gasteiger partial charge in [-0.05, 0) is 55.8 Å². The van der Waals surface area contributed by atoms with Crippen LogP contribution in [-0.2, 0) is 4.79 Å². The molecule has 9 heteroatoms. The number of benzene rings is 2. The number of aromatic hydroxyl groups is 1. The van der Waals surface area contributed by atoms with Crippen LogP contribution in [0.15, 0.2) is 51.9 Å². The number of methoxy groups -OCH3 is 1. The first-order chi connectivity index (χ1) is 14.9. The number of nitrogens with zero attached hydrogens (tertiary/aromatic N) is 3. The second-order valence-electron chi connectivity index (χ2n) is 7.16. The number of phenolic OH excluding ortho intramolecular Hbond substituents is 1. The molecule has 0 saturated heterocycles. The predicted molar refractivity (Wildman–Crippen MR) is 120 cm³/mol. The number of anilines is 1. The number of amides is 1. The predicted octanol–water partition coefficient (Wildman–Crippen LogP) is 3.45. The fourth-order valence-electron chi connectivity index (χ4n) is 3.06. The molecule has 0 aliphatic carbocycles. The molecule has 2 aromatic carbocycles. The van der Waals surface area contributed by atoms with Crippen LogP contribution in [0.25, 0.3) is 11.3 Å². The Bertz CT molecular complexity index is 1230. The second kappa shape index (κ2) is 8.65. The third-order valence-corrected chi connectivity index (χ3v) is 5.32. The number of rotatable bonds is 5. The summed E-state index contributed by atoms with van der Waals surface area (Å²) in [5.41, 5.74) is 3.09. The topological polar surface area (TPSA) is 97.4 Å². The summed E-state index contributed by atoms with van der Waals surface area (Å²) in [6, 6.07) is 10.7. The van der Waals surface area contributed by atoms with Crippen molar-refractivity contribution in [2.24, 2.45) is 10.1 Å². The lowest BCUT2D eigenvalue weighted by Crippen LogP contribution is -2.25. The summed E-state index contributed by atoms with van der Waals surface area (Å²) in [5.74, 6) is 0.893. The van der Waals surface area contributed by atoms with Crippen molar-refractivity contribution in [2.75, 3.05) is 19.0 Å². The number of fused-ring (bicyclic) bond motifs is 1. The standard InChI is InChI=1S/C22H22N4O4S/c1-13(2)24-22-26(23-10-14-4-6-18(27)20(8-14)29-3)17(12-31-22)15-5-7-19-16(9-15)25-21(28)11-30-19/h4-10,12-13,27H,11H2,1-3H3,(H,25,28). The highest BCUT2D eigenvalue weighted by Gasteiger charge is 2.18.